The van der Waals surface area contributed by atoms with E-state index in [0.717, 1.165) is 11.3 Å². The van der Waals surface area contributed by atoms with Crippen LogP contribution in [-0.4, -0.2) is 27.8 Å². The van der Waals surface area contributed by atoms with Gasteiger partial charge >= 0.3 is 0 Å². The highest BCUT2D eigenvalue weighted by atomic mass is 35.7. The summed E-state index contributed by atoms with van der Waals surface area (Å²) in [6.45, 7) is 0. The van der Waals surface area contributed by atoms with E-state index >= 15 is 0 Å². The second-order valence-electron chi connectivity index (χ2n) is 4.34. The molecule has 0 spiro atoms. The number of hydrogen-bond donors (Lipinski definition) is 0. The van der Waals surface area contributed by atoms with Crippen LogP contribution >= 0.6 is 10.7 Å². The summed E-state index contributed by atoms with van der Waals surface area (Å²) in [7, 11) is 5.87. The summed E-state index contributed by atoms with van der Waals surface area (Å²) in [5.74, 6) is 0.0821. The molecule has 1 aromatic rings. The van der Waals surface area contributed by atoms with Crippen LogP contribution in [0.3, 0.4) is 0 Å². The van der Waals surface area contributed by atoms with Crippen LogP contribution in [-0.2, 0) is 9.05 Å². The maximum atomic E-state index is 11.1. The first-order chi connectivity index (χ1) is 7.39. The van der Waals surface area contributed by atoms with Crippen molar-refractivity contribution in [1.29, 1.82) is 0 Å². The lowest BCUT2D eigenvalue weighted by Crippen LogP contribution is -2.08. The Hall–Kier alpha value is -0.740. The molecule has 0 bridgehead atoms. The first kappa shape index (κ1) is 11.7. The molecule has 0 N–H and O–H groups in total. The van der Waals surface area contributed by atoms with Gasteiger partial charge in [-0.1, -0.05) is 12.1 Å². The molecule has 1 aliphatic carbocycles. The molecular formula is C11H14ClNO2S. The Balaban J connectivity index is 2.14. The Kier molecular flexibility index (Phi) is 2.88. The summed E-state index contributed by atoms with van der Waals surface area (Å²) >= 11 is 0. The second-order valence-corrected chi connectivity index (χ2v) is 7.19. The Morgan fingerprint density at radius 3 is 2.19 bits per heavy atom. The average molecular weight is 260 g/mol. The minimum absolute atomic E-state index is 0.0821. The molecule has 88 valence electrons. The van der Waals surface area contributed by atoms with E-state index in [4.69, 9.17) is 10.7 Å². The predicted octanol–water partition coefficient (Wildman–Crippen LogP) is 2.18. The van der Waals surface area contributed by atoms with Crippen molar-refractivity contribution in [1.82, 2.24) is 0 Å². The minimum atomic E-state index is -3.39. The first-order valence-corrected chi connectivity index (χ1v) is 7.47. The fourth-order valence-corrected chi connectivity index (χ4v) is 3.43. The van der Waals surface area contributed by atoms with Gasteiger partial charge in [-0.05, 0) is 24.1 Å². The van der Waals surface area contributed by atoms with Crippen LogP contribution in [0, 0.1) is 0 Å². The van der Waals surface area contributed by atoms with E-state index in [1.54, 1.807) is 0 Å². The van der Waals surface area contributed by atoms with Crippen molar-refractivity contribution < 1.29 is 8.42 Å². The van der Waals surface area contributed by atoms with E-state index in [1.165, 1.54) is 0 Å². The molecule has 0 radical (unpaired) electrons. The van der Waals surface area contributed by atoms with Crippen LogP contribution in [0.15, 0.2) is 24.3 Å². The summed E-state index contributed by atoms with van der Waals surface area (Å²) in [5, 5.41) is -0.389. The standard InChI is InChI=1S/C11H14ClNO2S/c1-13(2)9-5-3-8(4-6-9)10-7-11(10)16(12,14)15/h3-6,10-11H,7H2,1-2H3. The van der Waals surface area contributed by atoms with Crippen molar-refractivity contribution in [3.8, 4) is 0 Å². The van der Waals surface area contributed by atoms with E-state index < -0.39 is 9.05 Å². The quantitative estimate of drug-likeness (QED) is 0.781. The summed E-state index contributed by atoms with van der Waals surface area (Å²) in [5.41, 5.74) is 2.16. The molecule has 0 aliphatic heterocycles. The van der Waals surface area contributed by atoms with Gasteiger partial charge in [0, 0.05) is 36.4 Å². The number of hydrogen-bond acceptors (Lipinski definition) is 3. The topological polar surface area (TPSA) is 37.4 Å². The third-order valence-corrected chi connectivity index (χ3v) is 4.86. The van der Waals surface area contributed by atoms with Crippen LogP contribution in [0.1, 0.15) is 17.9 Å². The normalized spacial score (nSPS) is 24.2. The third-order valence-electron chi connectivity index (χ3n) is 2.93. The maximum Gasteiger partial charge on any atom is 0.236 e. The van der Waals surface area contributed by atoms with Crippen molar-refractivity contribution in [2.45, 2.75) is 17.6 Å². The van der Waals surface area contributed by atoms with Gasteiger partial charge in [0.1, 0.15) is 0 Å². The molecule has 5 heteroatoms. The predicted molar refractivity (Wildman–Crippen MR) is 66.7 cm³/mol. The van der Waals surface area contributed by atoms with Crippen LogP contribution in [0.2, 0.25) is 0 Å². The van der Waals surface area contributed by atoms with E-state index in [0.29, 0.717) is 6.42 Å². The molecule has 1 aromatic carbocycles. The van der Waals surface area contributed by atoms with Crippen molar-refractivity contribution in [2.24, 2.45) is 0 Å². The lowest BCUT2D eigenvalue weighted by Gasteiger charge is -2.12. The molecule has 0 amide bonds. The number of anilines is 1. The summed E-state index contributed by atoms with van der Waals surface area (Å²) in [6.07, 6.45) is 0.646. The minimum Gasteiger partial charge on any atom is -0.378 e. The molecule has 3 nitrogen and oxygen atoms in total. The summed E-state index contributed by atoms with van der Waals surface area (Å²) in [4.78, 5) is 2.01. The number of nitrogens with zero attached hydrogens (tertiary/aromatic N) is 1. The molecule has 1 aliphatic rings. The van der Waals surface area contributed by atoms with E-state index in [9.17, 15) is 8.42 Å². The van der Waals surface area contributed by atoms with Gasteiger partial charge in [-0.15, -0.1) is 0 Å². The smallest absolute Gasteiger partial charge is 0.236 e. The van der Waals surface area contributed by atoms with Gasteiger partial charge < -0.3 is 4.90 Å². The van der Waals surface area contributed by atoms with Crippen molar-refractivity contribution in [3.05, 3.63) is 29.8 Å². The zero-order valence-corrected chi connectivity index (χ0v) is 10.8. The highest BCUT2D eigenvalue weighted by Crippen LogP contribution is 2.47. The molecule has 2 atom stereocenters. The number of benzene rings is 1. The molecule has 16 heavy (non-hydrogen) atoms. The summed E-state index contributed by atoms with van der Waals surface area (Å²) < 4.78 is 22.2. The van der Waals surface area contributed by atoms with Gasteiger partial charge in [-0.2, -0.15) is 0 Å². The van der Waals surface area contributed by atoms with Gasteiger partial charge in [0.05, 0.1) is 5.25 Å². The van der Waals surface area contributed by atoms with Crippen molar-refractivity contribution in [2.75, 3.05) is 19.0 Å². The zero-order chi connectivity index (χ0) is 11.9. The summed E-state index contributed by atoms with van der Waals surface area (Å²) in [6, 6.07) is 7.93. The van der Waals surface area contributed by atoms with E-state index in [-0.39, 0.29) is 11.2 Å². The van der Waals surface area contributed by atoms with Gasteiger partial charge in [0.15, 0.2) is 0 Å². The van der Waals surface area contributed by atoms with Gasteiger partial charge in [-0.25, -0.2) is 8.42 Å². The monoisotopic (exact) mass is 259 g/mol. The molecular weight excluding hydrogens is 246 g/mol. The van der Waals surface area contributed by atoms with E-state index in [1.807, 2.05) is 43.3 Å². The highest BCUT2D eigenvalue weighted by Gasteiger charge is 2.47. The Labute approximate surface area is 100 Å². The third kappa shape index (κ3) is 2.33. The number of halogens is 1. The average Bonchev–Trinajstić information content (AvgIpc) is 2.96. The largest absolute Gasteiger partial charge is 0.378 e. The van der Waals surface area contributed by atoms with Crippen LogP contribution < -0.4 is 4.90 Å². The van der Waals surface area contributed by atoms with E-state index in [2.05, 4.69) is 0 Å². The zero-order valence-electron chi connectivity index (χ0n) is 9.22. The first-order valence-electron chi connectivity index (χ1n) is 5.10. The van der Waals surface area contributed by atoms with Crippen LogP contribution in [0.5, 0.6) is 0 Å². The lowest BCUT2D eigenvalue weighted by molar-refractivity contribution is 0.607. The maximum absolute atomic E-state index is 11.1. The molecule has 0 aromatic heterocycles. The highest BCUT2D eigenvalue weighted by molar-refractivity contribution is 8.14. The fraction of sp³-hybridized carbons (Fsp3) is 0.455. The van der Waals surface area contributed by atoms with Crippen LogP contribution in [0.25, 0.3) is 0 Å². The van der Waals surface area contributed by atoms with Crippen molar-refractivity contribution >= 4 is 25.4 Å². The Morgan fingerprint density at radius 2 is 1.81 bits per heavy atom. The van der Waals surface area contributed by atoms with Gasteiger partial charge in [-0.3, -0.25) is 0 Å². The molecule has 2 unspecified atom stereocenters. The molecule has 1 fully saturated rings. The molecule has 0 saturated heterocycles. The Bertz CT molecular complexity index is 481. The lowest BCUT2D eigenvalue weighted by atomic mass is 10.1. The molecule has 0 heterocycles. The Morgan fingerprint density at radius 1 is 1.25 bits per heavy atom. The fourth-order valence-electron chi connectivity index (χ4n) is 1.85. The molecule has 1 saturated carbocycles. The van der Waals surface area contributed by atoms with Crippen molar-refractivity contribution in [3.63, 3.8) is 0 Å². The SMILES string of the molecule is CN(C)c1ccc(C2CC2S(=O)(=O)Cl)cc1. The number of rotatable bonds is 3. The second kappa shape index (κ2) is 3.93. The molecule has 2 rings (SSSR count). The van der Waals surface area contributed by atoms with Crippen LogP contribution in [0.4, 0.5) is 5.69 Å². The van der Waals surface area contributed by atoms with Gasteiger partial charge in [0.25, 0.3) is 0 Å². The van der Waals surface area contributed by atoms with Gasteiger partial charge in [0.2, 0.25) is 9.05 Å².